The Labute approximate surface area is 134 Å². The van der Waals surface area contributed by atoms with Crippen LogP contribution in [0.15, 0.2) is 18.2 Å². The molecular weight excluding hydrogens is 304 g/mol. The Kier molecular flexibility index (Phi) is 4.90. The van der Waals surface area contributed by atoms with Crippen molar-refractivity contribution in [1.82, 2.24) is 20.1 Å². The van der Waals surface area contributed by atoms with Gasteiger partial charge in [-0.2, -0.15) is 0 Å². The molecule has 2 aromatic rings. The van der Waals surface area contributed by atoms with Gasteiger partial charge in [0.2, 0.25) is 6.10 Å². The van der Waals surface area contributed by atoms with Gasteiger partial charge in [-0.3, -0.25) is 4.79 Å². The largest absolute Gasteiger partial charge is 0.382 e. The van der Waals surface area contributed by atoms with Crippen molar-refractivity contribution in [3.8, 4) is 0 Å². The molecule has 0 saturated heterocycles. The summed E-state index contributed by atoms with van der Waals surface area (Å²) >= 11 is 5.98. The van der Waals surface area contributed by atoms with Crippen molar-refractivity contribution in [1.29, 1.82) is 0 Å². The van der Waals surface area contributed by atoms with Crippen LogP contribution in [0.3, 0.4) is 0 Å². The van der Waals surface area contributed by atoms with E-state index < -0.39 is 6.10 Å². The summed E-state index contributed by atoms with van der Waals surface area (Å²) in [5, 5.41) is 8.47. The molecule has 0 unspecified atom stereocenters. The van der Waals surface area contributed by atoms with Crippen molar-refractivity contribution < 1.29 is 9.63 Å². The Morgan fingerprint density at radius 3 is 2.45 bits per heavy atom. The molecule has 0 radical (unpaired) electrons. The molecule has 1 amide bonds. The van der Waals surface area contributed by atoms with Gasteiger partial charge in [0.15, 0.2) is 0 Å². The maximum absolute atomic E-state index is 12.6. The highest BCUT2D eigenvalue weighted by Gasteiger charge is 2.27. The average Bonchev–Trinajstić information content (AvgIpc) is 2.80. The molecule has 0 bridgehead atoms. The second kappa shape index (κ2) is 6.52. The predicted molar refractivity (Wildman–Crippen MR) is 85.7 cm³/mol. The third-order valence-electron chi connectivity index (χ3n) is 3.35. The number of nitrogens with zero attached hydrogens (tertiary/aromatic N) is 4. The van der Waals surface area contributed by atoms with E-state index in [9.17, 15) is 4.79 Å². The molecule has 22 heavy (non-hydrogen) atoms. The van der Waals surface area contributed by atoms with Crippen molar-refractivity contribution in [2.75, 3.05) is 0 Å². The normalized spacial score (nSPS) is 12.9. The fourth-order valence-corrected chi connectivity index (χ4v) is 2.63. The van der Waals surface area contributed by atoms with Crippen LogP contribution in [0.1, 0.15) is 34.6 Å². The molecule has 1 heterocycles. The number of carbonyl (C=O) groups is 1. The van der Waals surface area contributed by atoms with E-state index in [1.807, 2.05) is 27.7 Å². The molecule has 6 nitrogen and oxygen atoms in total. The van der Waals surface area contributed by atoms with E-state index in [1.54, 1.807) is 30.0 Å². The Morgan fingerprint density at radius 2 is 1.86 bits per heavy atom. The predicted octanol–water partition coefficient (Wildman–Crippen LogP) is 2.55. The maximum atomic E-state index is 12.6. The quantitative estimate of drug-likeness (QED) is 0.848. The first-order valence-electron chi connectivity index (χ1n) is 7.31. The summed E-state index contributed by atoms with van der Waals surface area (Å²) in [6.07, 6.45) is -0.673. The number of aromatic nitrogens is 3. The number of benzene rings is 1. The van der Waals surface area contributed by atoms with Gasteiger partial charge in [0, 0.05) is 17.1 Å². The number of halogens is 1. The van der Waals surface area contributed by atoms with Gasteiger partial charge in [-0.1, -0.05) is 16.4 Å². The summed E-state index contributed by atoms with van der Waals surface area (Å²) in [6, 6.07) is 5.39. The van der Waals surface area contributed by atoms with Gasteiger partial charge in [-0.15, -0.1) is 5.10 Å². The van der Waals surface area contributed by atoms with Crippen LogP contribution in [0.5, 0.6) is 0 Å². The molecule has 0 aliphatic rings. The summed E-state index contributed by atoms with van der Waals surface area (Å²) < 4.78 is 0. The van der Waals surface area contributed by atoms with Crippen molar-refractivity contribution >= 4 is 28.5 Å². The first-order valence-corrected chi connectivity index (χ1v) is 7.69. The van der Waals surface area contributed by atoms with Crippen LogP contribution in [0, 0.1) is 0 Å². The Hall–Kier alpha value is -1.82. The molecular formula is C15H21ClN4O2. The molecule has 0 aliphatic carbocycles. The van der Waals surface area contributed by atoms with E-state index in [0.29, 0.717) is 16.1 Å². The van der Waals surface area contributed by atoms with Crippen molar-refractivity contribution in [2.24, 2.45) is 0 Å². The first-order chi connectivity index (χ1) is 10.3. The third-order valence-corrected chi connectivity index (χ3v) is 3.59. The van der Waals surface area contributed by atoms with Gasteiger partial charge < -0.3 is 9.74 Å². The number of fused-ring (bicyclic) bond motifs is 1. The maximum Gasteiger partial charge on any atom is 0.266 e. The smallest absolute Gasteiger partial charge is 0.266 e. The van der Waals surface area contributed by atoms with Gasteiger partial charge in [-0.05, 0) is 58.0 Å². The van der Waals surface area contributed by atoms with E-state index in [-0.39, 0.29) is 18.0 Å². The Bertz CT molecular complexity index is 661. The van der Waals surface area contributed by atoms with Crippen molar-refractivity contribution in [2.45, 2.75) is 52.8 Å². The molecule has 0 fully saturated rings. The lowest BCUT2D eigenvalue weighted by molar-refractivity contribution is -0.147. The first kappa shape index (κ1) is 16.5. The third kappa shape index (κ3) is 3.32. The lowest BCUT2D eigenvalue weighted by atomic mass is 10.2. The van der Waals surface area contributed by atoms with Crippen LogP contribution in [-0.4, -0.2) is 44.2 Å². The van der Waals surface area contributed by atoms with E-state index in [4.69, 9.17) is 16.4 Å². The minimum absolute atomic E-state index is 0.0873. The zero-order chi connectivity index (χ0) is 16.4. The van der Waals surface area contributed by atoms with E-state index in [1.165, 1.54) is 4.85 Å². The summed E-state index contributed by atoms with van der Waals surface area (Å²) in [5.41, 5.74) is 1.29. The number of amides is 1. The molecule has 0 saturated carbocycles. The standard InChI is InChI=1S/C15H21ClN4O2/c1-9(2)19(10(3)4)15(21)11(5)22-20-14-8-12(16)6-7-13(14)17-18-20/h6-11H,1-5H3/t11-/m1/s1. The van der Waals surface area contributed by atoms with E-state index in [0.717, 1.165) is 0 Å². The Morgan fingerprint density at radius 1 is 1.23 bits per heavy atom. The number of hydrogen-bond donors (Lipinski definition) is 0. The SMILES string of the molecule is CC(C)N(C(=O)[C@@H](C)On1nnc2ccc(Cl)cc21)C(C)C. The van der Waals surface area contributed by atoms with Crippen molar-refractivity contribution in [3.05, 3.63) is 23.2 Å². The van der Waals surface area contributed by atoms with Crippen LogP contribution in [-0.2, 0) is 4.79 Å². The van der Waals surface area contributed by atoms with E-state index in [2.05, 4.69) is 10.3 Å². The summed E-state index contributed by atoms with van der Waals surface area (Å²) in [4.78, 5) is 21.3. The number of rotatable bonds is 5. The van der Waals surface area contributed by atoms with Gasteiger partial charge in [0.05, 0.1) is 0 Å². The van der Waals surface area contributed by atoms with Gasteiger partial charge in [-0.25, -0.2) is 0 Å². The highest BCUT2D eigenvalue weighted by Crippen LogP contribution is 2.17. The fourth-order valence-electron chi connectivity index (χ4n) is 2.46. The molecule has 2 rings (SSSR count). The fraction of sp³-hybridized carbons (Fsp3) is 0.533. The van der Waals surface area contributed by atoms with Gasteiger partial charge >= 0.3 is 0 Å². The monoisotopic (exact) mass is 324 g/mol. The van der Waals surface area contributed by atoms with Gasteiger partial charge in [0.1, 0.15) is 11.0 Å². The molecule has 7 heteroatoms. The summed E-state index contributed by atoms with van der Waals surface area (Å²) in [6.45, 7) is 9.63. The molecule has 120 valence electrons. The van der Waals surface area contributed by atoms with E-state index >= 15 is 0 Å². The molecule has 1 aromatic carbocycles. The summed E-state index contributed by atoms with van der Waals surface area (Å²) in [7, 11) is 0. The van der Waals surface area contributed by atoms with Gasteiger partial charge in [0.25, 0.3) is 5.91 Å². The summed E-state index contributed by atoms with van der Waals surface area (Å²) in [5.74, 6) is -0.0873. The molecule has 1 atom stereocenters. The molecule has 1 aromatic heterocycles. The Balaban J connectivity index is 2.21. The number of carbonyl (C=O) groups excluding carboxylic acids is 1. The molecule has 0 aliphatic heterocycles. The second-order valence-corrected chi connectivity index (χ2v) is 6.21. The molecule has 0 spiro atoms. The lowest BCUT2D eigenvalue weighted by Gasteiger charge is -2.32. The van der Waals surface area contributed by atoms with Crippen LogP contribution < -0.4 is 4.84 Å². The zero-order valence-corrected chi connectivity index (χ0v) is 14.2. The topological polar surface area (TPSA) is 60.2 Å². The van der Waals surface area contributed by atoms with Crippen molar-refractivity contribution in [3.63, 3.8) is 0 Å². The van der Waals surface area contributed by atoms with Crippen LogP contribution in [0.4, 0.5) is 0 Å². The van der Waals surface area contributed by atoms with Crippen LogP contribution in [0.2, 0.25) is 5.02 Å². The number of hydrogen-bond acceptors (Lipinski definition) is 4. The molecule has 0 N–H and O–H groups in total. The lowest BCUT2D eigenvalue weighted by Crippen LogP contribution is -2.49. The van der Waals surface area contributed by atoms with Crippen LogP contribution in [0.25, 0.3) is 11.0 Å². The highest BCUT2D eigenvalue weighted by atomic mass is 35.5. The second-order valence-electron chi connectivity index (χ2n) is 5.78. The minimum atomic E-state index is -0.673. The zero-order valence-electron chi connectivity index (χ0n) is 13.4. The minimum Gasteiger partial charge on any atom is -0.382 e. The highest BCUT2D eigenvalue weighted by molar-refractivity contribution is 6.31. The average molecular weight is 325 g/mol. The van der Waals surface area contributed by atoms with Crippen LogP contribution >= 0.6 is 11.6 Å².